The maximum absolute atomic E-state index is 2.64. The molecule has 7 aromatic rings. The summed E-state index contributed by atoms with van der Waals surface area (Å²) in [6, 6.07) is 58.1. The fourth-order valence-electron chi connectivity index (χ4n) is 12.7. The zero-order chi connectivity index (χ0) is 35.8. The summed E-state index contributed by atoms with van der Waals surface area (Å²) in [6.45, 7) is 4.79. The van der Waals surface area contributed by atoms with E-state index >= 15 is 0 Å². The molecule has 7 aromatic carbocycles. The SMILES string of the molecule is CC1(C)c2ccccc2-c2ccc(N(c3ccc(-c4ccc5ccccc5c4)cc3)c3ccc4c(c3)C3(c5ccccc5-4)C4CC5CC(C4)CC3C5)cc21. The third-order valence-corrected chi connectivity index (χ3v) is 14.8. The molecule has 262 valence electrons. The topological polar surface area (TPSA) is 3.24 Å². The Balaban J connectivity index is 1.03. The molecular weight excluding hydrogens is 651 g/mol. The monoisotopic (exact) mass is 695 g/mol. The minimum atomic E-state index is -0.0719. The normalized spacial score (nSPS) is 24.7. The van der Waals surface area contributed by atoms with Gasteiger partial charge >= 0.3 is 0 Å². The minimum Gasteiger partial charge on any atom is -0.310 e. The number of hydrogen-bond donors (Lipinski definition) is 0. The number of anilines is 3. The Kier molecular flexibility index (Phi) is 6.36. The van der Waals surface area contributed by atoms with E-state index in [0.29, 0.717) is 0 Å². The molecule has 4 bridgehead atoms. The lowest BCUT2D eigenvalue weighted by molar-refractivity contribution is -0.0399. The molecule has 6 aliphatic carbocycles. The van der Waals surface area contributed by atoms with Gasteiger partial charge in [0.05, 0.1) is 0 Å². The van der Waals surface area contributed by atoms with Crippen molar-refractivity contribution in [2.24, 2.45) is 23.7 Å². The van der Waals surface area contributed by atoms with Gasteiger partial charge in [0.2, 0.25) is 0 Å². The zero-order valence-electron chi connectivity index (χ0n) is 31.2. The van der Waals surface area contributed by atoms with Crippen molar-refractivity contribution in [3.63, 3.8) is 0 Å². The maximum Gasteiger partial charge on any atom is 0.0465 e. The standard InChI is InChI=1S/C53H45N/c1-52(2)48-13-7-5-11-44(48)46-23-21-42(31-50(46)52)54(41-19-17-36(18-20-41)38-16-15-35-9-3-4-10-37(35)30-38)43-22-24-47-45-12-6-8-14-49(45)53(51(47)32-43)39-26-33-25-34(28-39)29-40(53)27-33/h3-24,30-34,39-40H,25-29H2,1-2H3. The van der Waals surface area contributed by atoms with Crippen molar-refractivity contribution in [1.82, 2.24) is 0 Å². The third-order valence-electron chi connectivity index (χ3n) is 14.8. The Hall–Kier alpha value is -5.40. The molecule has 0 aromatic heterocycles. The number of nitrogens with zero attached hydrogens (tertiary/aromatic N) is 1. The summed E-state index contributed by atoms with van der Waals surface area (Å²) in [4.78, 5) is 2.55. The molecule has 0 heterocycles. The van der Waals surface area contributed by atoms with E-state index in [4.69, 9.17) is 0 Å². The largest absolute Gasteiger partial charge is 0.310 e. The van der Waals surface area contributed by atoms with Crippen LogP contribution in [0, 0.1) is 23.7 Å². The second-order valence-corrected chi connectivity index (χ2v) is 17.8. The van der Waals surface area contributed by atoms with Crippen LogP contribution < -0.4 is 4.90 Å². The summed E-state index contributed by atoms with van der Waals surface area (Å²) in [5.41, 5.74) is 18.0. The summed E-state index contributed by atoms with van der Waals surface area (Å²) < 4.78 is 0. The van der Waals surface area contributed by atoms with Crippen LogP contribution >= 0.6 is 0 Å². The van der Waals surface area contributed by atoms with Gasteiger partial charge in [-0.25, -0.2) is 0 Å². The van der Waals surface area contributed by atoms with Crippen molar-refractivity contribution < 1.29 is 0 Å². The third kappa shape index (κ3) is 4.16. The zero-order valence-corrected chi connectivity index (χ0v) is 31.2. The van der Waals surface area contributed by atoms with E-state index in [1.54, 1.807) is 11.1 Å². The average Bonchev–Trinajstić information content (AvgIpc) is 3.62. The van der Waals surface area contributed by atoms with Crippen LogP contribution in [0.4, 0.5) is 17.1 Å². The fourth-order valence-corrected chi connectivity index (χ4v) is 12.7. The molecule has 1 spiro atoms. The van der Waals surface area contributed by atoms with Gasteiger partial charge in [0.25, 0.3) is 0 Å². The molecule has 0 saturated heterocycles. The molecule has 13 rings (SSSR count). The van der Waals surface area contributed by atoms with Gasteiger partial charge in [0.1, 0.15) is 0 Å². The summed E-state index contributed by atoms with van der Waals surface area (Å²) in [5, 5.41) is 2.56. The van der Waals surface area contributed by atoms with Crippen LogP contribution in [-0.4, -0.2) is 0 Å². The van der Waals surface area contributed by atoms with Crippen molar-refractivity contribution in [2.75, 3.05) is 4.90 Å². The fraction of sp³-hybridized carbons (Fsp3) is 0.245. The van der Waals surface area contributed by atoms with Crippen LogP contribution in [0.2, 0.25) is 0 Å². The predicted molar refractivity (Wildman–Crippen MR) is 225 cm³/mol. The first-order chi connectivity index (χ1) is 26.5. The molecule has 0 radical (unpaired) electrons. The first kappa shape index (κ1) is 31.0. The first-order valence-electron chi connectivity index (χ1n) is 20.3. The Labute approximate surface area is 319 Å². The second-order valence-electron chi connectivity index (χ2n) is 17.8. The highest BCUT2D eigenvalue weighted by molar-refractivity contribution is 5.90. The molecule has 1 heteroatoms. The smallest absolute Gasteiger partial charge is 0.0465 e. The molecule has 54 heavy (non-hydrogen) atoms. The molecule has 6 aliphatic rings. The average molecular weight is 696 g/mol. The quantitative estimate of drug-likeness (QED) is 0.177. The van der Waals surface area contributed by atoms with Gasteiger partial charge in [-0.15, -0.1) is 0 Å². The molecule has 0 amide bonds. The molecule has 1 nitrogen and oxygen atoms in total. The van der Waals surface area contributed by atoms with Gasteiger partial charge in [-0.2, -0.15) is 0 Å². The van der Waals surface area contributed by atoms with E-state index in [9.17, 15) is 0 Å². The number of rotatable bonds is 4. The van der Waals surface area contributed by atoms with Crippen LogP contribution in [0.25, 0.3) is 44.2 Å². The Bertz CT molecular complexity index is 2630. The van der Waals surface area contributed by atoms with E-state index in [1.165, 1.54) is 104 Å². The van der Waals surface area contributed by atoms with E-state index in [1.807, 2.05) is 0 Å². The van der Waals surface area contributed by atoms with Gasteiger partial charge in [0, 0.05) is 27.9 Å². The lowest BCUT2D eigenvalue weighted by Crippen LogP contribution is -2.55. The van der Waals surface area contributed by atoms with Gasteiger partial charge < -0.3 is 4.90 Å². The molecular formula is C53H45N. The van der Waals surface area contributed by atoms with Crippen LogP contribution in [0.3, 0.4) is 0 Å². The highest BCUT2D eigenvalue weighted by Crippen LogP contribution is 2.69. The summed E-state index contributed by atoms with van der Waals surface area (Å²) >= 11 is 0. The number of hydrogen-bond acceptors (Lipinski definition) is 1. The van der Waals surface area contributed by atoms with Crippen LogP contribution in [0.15, 0.2) is 152 Å². The Morgan fingerprint density at radius 2 is 0.926 bits per heavy atom. The molecule has 0 atom stereocenters. The lowest BCUT2D eigenvalue weighted by Gasteiger charge is -2.61. The molecule has 4 fully saturated rings. The molecule has 0 aliphatic heterocycles. The van der Waals surface area contributed by atoms with Gasteiger partial charge in [-0.3, -0.25) is 0 Å². The summed E-state index contributed by atoms with van der Waals surface area (Å²) in [6.07, 6.45) is 7.05. The van der Waals surface area contributed by atoms with Gasteiger partial charge in [-0.1, -0.05) is 123 Å². The van der Waals surface area contributed by atoms with Gasteiger partial charge in [0.15, 0.2) is 0 Å². The minimum absolute atomic E-state index is 0.0719. The Morgan fingerprint density at radius 1 is 0.407 bits per heavy atom. The van der Waals surface area contributed by atoms with Crippen molar-refractivity contribution in [3.05, 3.63) is 174 Å². The molecule has 0 unspecified atom stereocenters. The number of fused-ring (bicyclic) bond motifs is 7. The lowest BCUT2D eigenvalue weighted by atomic mass is 9.43. The van der Waals surface area contributed by atoms with E-state index in [2.05, 4.69) is 170 Å². The van der Waals surface area contributed by atoms with Crippen molar-refractivity contribution in [3.8, 4) is 33.4 Å². The van der Waals surface area contributed by atoms with Gasteiger partial charge in [-0.05, 0) is 165 Å². The number of benzene rings is 7. The predicted octanol–water partition coefficient (Wildman–Crippen LogP) is 14.0. The summed E-state index contributed by atoms with van der Waals surface area (Å²) in [5.74, 6) is 3.32. The van der Waals surface area contributed by atoms with Crippen molar-refractivity contribution in [2.45, 2.75) is 56.8 Å². The van der Waals surface area contributed by atoms with E-state index in [-0.39, 0.29) is 10.8 Å². The maximum atomic E-state index is 2.64. The van der Waals surface area contributed by atoms with Crippen molar-refractivity contribution in [1.29, 1.82) is 0 Å². The van der Waals surface area contributed by atoms with E-state index < -0.39 is 0 Å². The van der Waals surface area contributed by atoms with Crippen LogP contribution in [0.1, 0.15) is 68.2 Å². The Morgan fingerprint density at radius 3 is 1.63 bits per heavy atom. The van der Waals surface area contributed by atoms with Crippen molar-refractivity contribution >= 4 is 27.8 Å². The highest BCUT2D eigenvalue weighted by atomic mass is 15.1. The van der Waals surface area contributed by atoms with E-state index in [0.717, 1.165) is 23.7 Å². The second kappa shape index (κ2) is 11.1. The van der Waals surface area contributed by atoms with Crippen LogP contribution in [0.5, 0.6) is 0 Å². The summed E-state index contributed by atoms with van der Waals surface area (Å²) in [7, 11) is 0. The highest BCUT2D eigenvalue weighted by Gasteiger charge is 2.61. The first-order valence-corrected chi connectivity index (χ1v) is 20.3. The molecule has 4 saturated carbocycles. The van der Waals surface area contributed by atoms with Crippen LogP contribution in [-0.2, 0) is 10.8 Å². The molecule has 0 N–H and O–H groups in total.